The van der Waals surface area contributed by atoms with Crippen molar-refractivity contribution in [1.29, 1.82) is 5.26 Å². The van der Waals surface area contributed by atoms with Crippen LogP contribution in [0.5, 0.6) is 0 Å². The summed E-state index contributed by atoms with van der Waals surface area (Å²) in [6.07, 6.45) is 5.96. The number of guanidine groups is 1. The molecule has 1 aliphatic carbocycles. The van der Waals surface area contributed by atoms with Crippen LogP contribution in [0.25, 0.3) is 0 Å². The molecule has 1 aliphatic rings. The van der Waals surface area contributed by atoms with Crippen LogP contribution in [0, 0.1) is 22.6 Å². The molecule has 1 aromatic rings. The second-order valence-corrected chi connectivity index (χ2v) is 7.12. The van der Waals surface area contributed by atoms with Crippen LogP contribution >= 0.6 is 24.0 Å². The van der Waals surface area contributed by atoms with E-state index in [1.807, 2.05) is 19.9 Å². The number of rotatable bonds is 9. The van der Waals surface area contributed by atoms with Crippen LogP contribution in [0.3, 0.4) is 0 Å². The molecule has 0 spiro atoms. The van der Waals surface area contributed by atoms with E-state index in [0.717, 1.165) is 32.7 Å². The van der Waals surface area contributed by atoms with Gasteiger partial charge in [-0.05, 0) is 56.7 Å². The van der Waals surface area contributed by atoms with Crippen molar-refractivity contribution in [3.8, 4) is 6.07 Å². The first-order valence-electron chi connectivity index (χ1n) is 9.91. The first kappa shape index (κ1) is 24.6. The van der Waals surface area contributed by atoms with Crippen molar-refractivity contribution in [1.82, 2.24) is 10.6 Å². The van der Waals surface area contributed by atoms with Gasteiger partial charge in [0.2, 0.25) is 0 Å². The SMILES string of the molecule is CCNC(=NCc1cc(C#N)ccc1F)NCC1(CCOCC)CCCC1.I. The van der Waals surface area contributed by atoms with Crippen molar-refractivity contribution in [3.63, 3.8) is 0 Å². The largest absolute Gasteiger partial charge is 0.382 e. The molecule has 0 radical (unpaired) electrons. The highest BCUT2D eigenvalue weighted by molar-refractivity contribution is 14.0. The normalized spacial score (nSPS) is 15.6. The van der Waals surface area contributed by atoms with E-state index < -0.39 is 0 Å². The van der Waals surface area contributed by atoms with Crippen LogP contribution < -0.4 is 10.6 Å². The summed E-state index contributed by atoms with van der Waals surface area (Å²) in [6, 6.07) is 6.40. The molecule has 0 aromatic heterocycles. The van der Waals surface area contributed by atoms with E-state index in [4.69, 9.17) is 10.00 Å². The Balaban J connectivity index is 0.00000392. The third-order valence-corrected chi connectivity index (χ3v) is 5.20. The Morgan fingerprint density at radius 2 is 2.04 bits per heavy atom. The average Bonchev–Trinajstić information content (AvgIpc) is 3.14. The number of aliphatic imine (C=N–C) groups is 1. The summed E-state index contributed by atoms with van der Waals surface area (Å²) >= 11 is 0. The van der Waals surface area contributed by atoms with Gasteiger partial charge in [0.25, 0.3) is 0 Å². The van der Waals surface area contributed by atoms with Crippen molar-refractivity contribution in [2.75, 3.05) is 26.3 Å². The van der Waals surface area contributed by atoms with Gasteiger partial charge in [-0.15, -0.1) is 24.0 Å². The molecule has 2 rings (SSSR count). The van der Waals surface area contributed by atoms with Gasteiger partial charge in [-0.3, -0.25) is 0 Å². The monoisotopic (exact) mass is 502 g/mol. The van der Waals surface area contributed by atoms with Crippen molar-refractivity contribution < 1.29 is 9.13 Å². The molecule has 7 heteroatoms. The third kappa shape index (κ3) is 7.55. The Kier molecular flexibility index (Phi) is 11.4. The first-order valence-corrected chi connectivity index (χ1v) is 9.91. The first-order chi connectivity index (χ1) is 13.1. The highest BCUT2D eigenvalue weighted by Crippen LogP contribution is 2.40. The van der Waals surface area contributed by atoms with E-state index in [1.54, 1.807) is 6.07 Å². The lowest BCUT2D eigenvalue weighted by Crippen LogP contribution is -2.43. The van der Waals surface area contributed by atoms with Gasteiger partial charge in [-0.1, -0.05) is 12.8 Å². The molecule has 156 valence electrons. The summed E-state index contributed by atoms with van der Waals surface area (Å²) in [5.41, 5.74) is 1.12. The summed E-state index contributed by atoms with van der Waals surface area (Å²) < 4.78 is 19.5. The zero-order valence-electron chi connectivity index (χ0n) is 16.9. The third-order valence-electron chi connectivity index (χ3n) is 5.20. The molecule has 1 fully saturated rings. The molecule has 0 heterocycles. The molecule has 1 aromatic carbocycles. The van der Waals surface area contributed by atoms with Crippen molar-refractivity contribution in [2.45, 2.75) is 52.5 Å². The van der Waals surface area contributed by atoms with Crippen molar-refractivity contribution in [2.24, 2.45) is 10.4 Å². The van der Waals surface area contributed by atoms with Crippen LogP contribution in [0.1, 0.15) is 57.1 Å². The van der Waals surface area contributed by atoms with Gasteiger partial charge in [0, 0.05) is 31.9 Å². The number of hydrogen-bond acceptors (Lipinski definition) is 3. The summed E-state index contributed by atoms with van der Waals surface area (Å²) in [7, 11) is 0. The molecule has 5 nitrogen and oxygen atoms in total. The van der Waals surface area contributed by atoms with E-state index >= 15 is 0 Å². The Bertz CT molecular complexity index is 669. The lowest BCUT2D eigenvalue weighted by atomic mass is 9.83. The number of hydrogen-bond donors (Lipinski definition) is 2. The van der Waals surface area contributed by atoms with E-state index in [2.05, 4.69) is 15.6 Å². The van der Waals surface area contributed by atoms with Gasteiger partial charge in [-0.25, -0.2) is 9.38 Å². The van der Waals surface area contributed by atoms with E-state index in [1.165, 1.54) is 37.8 Å². The van der Waals surface area contributed by atoms with Gasteiger partial charge in [-0.2, -0.15) is 5.26 Å². The van der Waals surface area contributed by atoms with Gasteiger partial charge in [0.1, 0.15) is 5.82 Å². The van der Waals surface area contributed by atoms with Crippen LogP contribution in [-0.2, 0) is 11.3 Å². The Morgan fingerprint density at radius 3 is 2.68 bits per heavy atom. The topological polar surface area (TPSA) is 69.4 Å². The Morgan fingerprint density at radius 1 is 1.29 bits per heavy atom. The van der Waals surface area contributed by atoms with Gasteiger partial charge in [0.05, 0.1) is 18.2 Å². The Hall–Kier alpha value is -1.40. The zero-order valence-corrected chi connectivity index (χ0v) is 19.2. The number of halogens is 2. The summed E-state index contributed by atoms with van der Waals surface area (Å²) in [6.45, 7) is 7.34. The molecule has 0 aliphatic heterocycles. The second kappa shape index (κ2) is 12.9. The number of nitrogens with zero attached hydrogens (tertiary/aromatic N) is 2. The van der Waals surface area contributed by atoms with Gasteiger partial charge in [0.15, 0.2) is 5.96 Å². The Labute approximate surface area is 185 Å². The molecule has 0 atom stereocenters. The summed E-state index contributed by atoms with van der Waals surface area (Å²) in [5, 5.41) is 15.7. The fourth-order valence-electron chi connectivity index (χ4n) is 3.62. The van der Waals surface area contributed by atoms with Crippen molar-refractivity contribution in [3.05, 3.63) is 35.1 Å². The molecule has 0 saturated heterocycles. The number of benzene rings is 1. The minimum absolute atomic E-state index is 0. The lowest BCUT2D eigenvalue weighted by Gasteiger charge is -2.30. The fourth-order valence-corrected chi connectivity index (χ4v) is 3.62. The molecule has 2 N–H and O–H groups in total. The molecule has 0 unspecified atom stereocenters. The second-order valence-electron chi connectivity index (χ2n) is 7.12. The zero-order chi connectivity index (χ0) is 19.5. The number of ether oxygens (including phenoxy) is 1. The molecular weight excluding hydrogens is 470 g/mol. The number of nitrogens with one attached hydrogen (secondary N) is 2. The van der Waals surface area contributed by atoms with Crippen LogP contribution in [-0.4, -0.2) is 32.3 Å². The summed E-state index contributed by atoms with van der Waals surface area (Å²) in [4.78, 5) is 4.52. The van der Waals surface area contributed by atoms with Gasteiger partial charge >= 0.3 is 0 Å². The fraction of sp³-hybridized carbons (Fsp3) is 0.619. The standard InChI is InChI=1S/C21H31FN4O.HI/c1-3-24-20(25-15-18-13-17(14-23)7-8-19(18)22)26-16-21(9-5-6-10-21)11-12-27-4-2;/h7-8,13H,3-6,9-12,15-16H2,1-2H3,(H2,24,25,26);1H. The maximum atomic E-state index is 14.0. The highest BCUT2D eigenvalue weighted by Gasteiger charge is 2.33. The van der Waals surface area contributed by atoms with Crippen LogP contribution in [0.2, 0.25) is 0 Å². The van der Waals surface area contributed by atoms with Crippen LogP contribution in [0.15, 0.2) is 23.2 Å². The lowest BCUT2D eigenvalue weighted by molar-refractivity contribution is 0.105. The average molecular weight is 502 g/mol. The molecule has 28 heavy (non-hydrogen) atoms. The molecular formula is C21H32FIN4O. The van der Waals surface area contributed by atoms with Gasteiger partial charge < -0.3 is 15.4 Å². The van der Waals surface area contributed by atoms with Crippen molar-refractivity contribution >= 4 is 29.9 Å². The summed E-state index contributed by atoms with van der Waals surface area (Å²) in [5.74, 6) is 0.347. The smallest absolute Gasteiger partial charge is 0.191 e. The van der Waals surface area contributed by atoms with E-state index in [0.29, 0.717) is 17.1 Å². The minimum Gasteiger partial charge on any atom is -0.382 e. The predicted octanol–water partition coefficient (Wildman–Crippen LogP) is 4.36. The maximum absolute atomic E-state index is 14.0. The van der Waals surface area contributed by atoms with Crippen LogP contribution in [0.4, 0.5) is 4.39 Å². The molecule has 0 amide bonds. The minimum atomic E-state index is -0.336. The quantitative estimate of drug-likeness (QED) is 0.228. The van der Waals surface area contributed by atoms with E-state index in [-0.39, 0.29) is 41.8 Å². The molecule has 1 saturated carbocycles. The maximum Gasteiger partial charge on any atom is 0.191 e. The molecule has 0 bridgehead atoms. The number of nitriles is 1. The highest BCUT2D eigenvalue weighted by atomic mass is 127. The predicted molar refractivity (Wildman–Crippen MR) is 121 cm³/mol. The van der Waals surface area contributed by atoms with E-state index in [9.17, 15) is 4.39 Å².